The van der Waals surface area contributed by atoms with Crippen LogP contribution in [0.4, 0.5) is 11.4 Å². The molecule has 4 rings (SSSR count). The Bertz CT molecular complexity index is 1760. The van der Waals surface area contributed by atoms with Crippen molar-refractivity contribution in [1.82, 2.24) is 0 Å². The molecule has 1 aliphatic carbocycles. The van der Waals surface area contributed by atoms with E-state index in [9.17, 15) is 30.7 Å². The van der Waals surface area contributed by atoms with Gasteiger partial charge in [0.1, 0.15) is 4.91 Å². The second kappa shape index (κ2) is 12.2. The van der Waals surface area contributed by atoms with Gasteiger partial charge in [-0.15, -0.1) is 0 Å². The van der Waals surface area contributed by atoms with Crippen molar-refractivity contribution in [2.45, 2.75) is 25.3 Å². The van der Waals surface area contributed by atoms with Crippen molar-refractivity contribution in [2.75, 3.05) is 23.3 Å². The molecule has 41 heavy (non-hydrogen) atoms. The first-order valence-corrected chi connectivity index (χ1v) is 15.7. The Kier molecular flexibility index (Phi) is 8.93. The fourth-order valence-corrected chi connectivity index (χ4v) is 5.87. The molecule has 0 atom stereocenters. The number of benzene rings is 3. The van der Waals surface area contributed by atoms with Crippen LogP contribution >= 0.6 is 0 Å². The van der Waals surface area contributed by atoms with Gasteiger partial charge >= 0.3 is 0 Å². The van der Waals surface area contributed by atoms with Crippen molar-refractivity contribution in [3.63, 3.8) is 0 Å². The molecule has 0 spiro atoms. The first-order valence-electron chi connectivity index (χ1n) is 12.8. The molecular formula is C30H30N2O7S2. The Balaban J connectivity index is 1.78. The number of hydrogen-bond donors (Lipinski definition) is 3. The standard InChI is InChI=1S/C30H30N2O7S2/c1-3-31-24-12-8-22(9-13-24)30(28-17-16-26(33)19-29(28)41(37,38)39)23-10-14-25(15-11-23)32(4-2)20-21-6-5-7-27(18-21)40(34,35)36/h5-19,31H,3-4,20H2,1-2H3,(H,34,35,36)(H,37,38,39)/b30-28+. The van der Waals surface area contributed by atoms with E-state index in [1.807, 2.05) is 67.3 Å². The summed E-state index contributed by atoms with van der Waals surface area (Å²) in [6.45, 7) is 5.62. The number of rotatable bonds is 10. The Morgan fingerprint density at radius 2 is 1.46 bits per heavy atom. The number of nitrogens with one attached hydrogen (secondary N) is 1. The van der Waals surface area contributed by atoms with E-state index in [-0.39, 0.29) is 10.5 Å². The highest BCUT2D eigenvalue weighted by molar-refractivity contribution is 7.90. The van der Waals surface area contributed by atoms with Gasteiger partial charge in [-0.1, -0.05) is 36.4 Å². The molecule has 0 amide bonds. The van der Waals surface area contributed by atoms with E-state index < -0.39 is 30.9 Å². The molecule has 1 aliphatic rings. The van der Waals surface area contributed by atoms with Gasteiger partial charge in [0, 0.05) is 42.7 Å². The zero-order valence-corrected chi connectivity index (χ0v) is 24.1. The predicted molar refractivity (Wildman–Crippen MR) is 160 cm³/mol. The zero-order valence-electron chi connectivity index (χ0n) is 22.5. The second-order valence-corrected chi connectivity index (χ2v) is 12.1. The highest BCUT2D eigenvalue weighted by atomic mass is 32.2. The maximum atomic E-state index is 12.3. The summed E-state index contributed by atoms with van der Waals surface area (Å²) < 4.78 is 67.1. The first kappa shape index (κ1) is 29.9. The minimum Gasteiger partial charge on any atom is -0.385 e. The summed E-state index contributed by atoms with van der Waals surface area (Å²) in [7, 11) is -9.04. The lowest BCUT2D eigenvalue weighted by molar-refractivity contribution is -0.110. The van der Waals surface area contributed by atoms with Gasteiger partial charge in [0.25, 0.3) is 20.2 Å². The van der Waals surface area contributed by atoms with E-state index in [2.05, 4.69) is 5.32 Å². The summed E-state index contributed by atoms with van der Waals surface area (Å²) in [5.74, 6) is -0.546. The first-order chi connectivity index (χ1) is 19.4. The fraction of sp³-hybridized carbons (Fsp3) is 0.167. The highest BCUT2D eigenvalue weighted by Gasteiger charge is 2.26. The van der Waals surface area contributed by atoms with Crippen LogP contribution in [0.5, 0.6) is 0 Å². The number of hydrogen-bond acceptors (Lipinski definition) is 7. The van der Waals surface area contributed by atoms with Crippen molar-refractivity contribution in [3.8, 4) is 0 Å². The van der Waals surface area contributed by atoms with Gasteiger partial charge in [0.2, 0.25) is 0 Å². The van der Waals surface area contributed by atoms with Crippen LogP contribution < -0.4 is 10.2 Å². The van der Waals surface area contributed by atoms with Crippen molar-refractivity contribution in [1.29, 1.82) is 0 Å². The molecule has 0 fully saturated rings. The van der Waals surface area contributed by atoms with Crippen LogP contribution in [0, 0.1) is 0 Å². The molecule has 0 radical (unpaired) electrons. The van der Waals surface area contributed by atoms with Crippen LogP contribution in [0.15, 0.2) is 106 Å². The molecule has 11 heteroatoms. The smallest absolute Gasteiger partial charge is 0.295 e. The largest absolute Gasteiger partial charge is 0.385 e. The summed E-state index contributed by atoms with van der Waals surface area (Å²) in [6.07, 6.45) is 3.56. The number of ketones is 1. The highest BCUT2D eigenvalue weighted by Crippen LogP contribution is 2.36. The molecule has 0 unspecified atom stereocenters. The molecule has 3 aromatic carbocycles. The lowest BCUT2D eigenvalue weighted by Crippen LogP contribution is -2.22. The molecule has 214 valence electrons. The van der Waals surface area contributed by atoms with Crippen molar-refractivity contribution in [2.24, 2.45) is 0 Å². The van der Waals surface area contributed by atoms with Crippen molar-refractivity contribution >= 4 is 43.0 Å². The summed E-state index contributed by atoms with van der Waals surface area (Å²) >= 11 is 0. The topological polar surface area (TPSA) is 141 Å². The third kappa shape index (κ3) is 7.19. The summed E-state index contributed by atoms with van der Waals surface area (Å²) in [6, 6.07) is 20.8. The molecule has 0 aliphatic heterocycles. The number of carbonyl (C=O) groups excluding carboxylic acids is 1. The summed E-state index contributed by atoms with van der Waals surface area (Å²) in [4.78, 5) is 13.4. The van der Waals surface area contributed by atoms with Gasteiger partial charge in [0.05, 0.1) is 4.90 Å². The number of allylic oxidation sites excluding steroid dienone is 4. The third-order valence-electron chi connectivity index (χ3n) is 6.53. The van der Waals surface area contributed by atoms with E-state index in [4.69, 9.17) is 0 Å². The minimum absolute atomic E-state index is 0.181. The van der Waals surface area contributed by atoms with Crippen LogP contribution in [0.1, 0.15) is 30.5 Å². The van der Waals surface area contributed by atoms with Gasteiger partial charge in [-0.3, -0.25) is 13.9 Å². The molecule has 3 N–H and O–H groups in total. The third-order valence-corrected chi connectivity index (χ3v) is 8.27. The number of anilines is 2. The molecule has 0 saturated carbocycles. The van der Waals surface area contributed by atoms with Crippen molar-refractivity contribution in [3.05, 3.63) is 118 Å². The fourth-order valence-electron chi connectivity index (χ4n) is 4.61. The van der Waals surface area contributed by atoms with E-state index >= 15 is 0 Å². The Labute approximate surface area is 240 Å². The van der Waals surface area contributed by atoms with Crippen LogP contribution in [-0.4, -0.2) is 44.8 Å². The van der Waals surface area contributed by atoms with Crippen LogP contribution in [0.2, 0.25) is 0 Å². The van der Waals surface area contributed by atoms with Gasteiger partial charge in [-0.25, -0.2) is 0 Å². The molecule has 0 bridgehead atoms. The van der Waals surface area contributed by atoms with Gasteiger partial charge in [-0.2, -0.15) is 16.8 Å². The maximum Gasteiger partial charge on any atom is 0.295 e. The molecule has 0 aromatic heterocycles. The normalized spacial score (nSPS) is 14.9. The van der Waals surface area contributed by atoms with Crippen LogP contribution in [0.3, 0.4) is 0 Å². The van der Waals surface area contributed by atoms with Gasteiger partial charge in [0.15, 0.2) is 5.78 Å². The van der Waals surface area contributed by atoms with Crippen LogP contribution in [-0.2, 0) is 31.6 Å². The molecule has 9 nitrogen and oxygen atoms in total. The second-order valence-electron chi connectivity index (χ2n) is 9.30. The van der Waals surface area contributed by atoms with Gasteiger partial charge < -0.3 is 10.2 Å². The van der Waals surface area contributed by atoms with E-state index in [1.165, 1.54) is 24.3 Å². The Hall–Kier alpha value is -4.03. The number of carbonyl (C=O) groups is 1. The Morgan fingerprint density at radius 3 is 2.02 bits per heavy atom. The number of nitrogens with zero attached hydrogens (tertiary/aromatic N) is 1. The lowest BCUT2D eigenvalue weighted by atomic mass is 9.90. The van der Waals surface area contributed by atoms with E-state index in [0.29, 0.717) is 35.4 Å². The lowest BCUT2D eigenvalue weighted by Gasteiger charge is -2.24. The maximum absolute atomic E-state index is 12.3. The Morgan fingerprint density at radius 1 is 0.829 bits per heavy atom. The molecule has 0 saturated heterocycles. The summed E-state index contributed by atoms with van der Waals surface area (Å²) in [5, 5.41) is 3.21. The average molecular weight is 595 g/mol. The monoisotopic (exact) mass is 594 g/mol. The SMILES string of the molecule is CCNc1ccc(/C(=C2/C=CC(=O)C=C2S(=O)(=O)O)c2ccc(N(CC)Cc3cccc(S(=O)(=O)O)c3)cc2)cc1. The van der Waals surface area contributed by atoms with Crippen molar-refractivity contribution < 1.29 is 30.7 Å². The minimum atomic E-state index is -4.71. The zero-order chi connectivity index (χ0) is 29.8. The van der Waals surface area contributed by atoms with Gasteiger partial charge in [-0.05, 0) is 84.7 Å². The average Bonchev–Trinajstić information content (AvgIpc) is 2.93. The molecule has 0 heterocycles. The van der Waals surface area contributed by atoms with Crippen LogP contribution in [0.25, 0.3) is 5.57 Å². The molecule has 3 aromatic rings. The summed E-state index contributed by atoms with van der Waals surface area (Å²) in [5.41, 5.74) is 4.42. The predicted octanol–water partition coefficient (Wildman–Crippen LogP) is 5.10. The van der Waals surface area contributed by atoms with E-state index in [1.54, 1.807) is 12.1 Å². The van der Waals surface area contributed by atoms with E-state index in [0.717, 1.165) is 24.0 Å². The molecular weight excluding hydrogens is 564 g/mol. The quantitative estimate of drug-likeness (QED) is 0.273.